The summed E-state index contributed by atoms with van der Waals surface area (Å²) in [6, 6.07) is 19.8. The van der Waals surface area contributed by atoms with Crippen LogP contribution in [0.25, 0.3) is 0 Å². The lowest BCUT2D eigenvalue weighted by molar-refractivity contribution is -0.139. The third-order valence-electron chi connectivity index (χ3n) is 7.35. The number of carbonyl (C=O) groups is 2. The number of rotatable bonds is 10. The minimum absolute atomic E-state index is 0.0247. The summed E-state index contributed by atoms with van der Waals surface area (Å²) < 4.78 is 43.3. The Morgan fingerprint density at radius 1 is 0.925 bits per heavy atom. The highest BCUT2D eigenvalue weighted by Crippen LogP contribution is 2.25. The fourth-order valence-electron chi connectivity index (χ4n) is 4.92. The fourth-order valence-corrected chi connectivity index (χ4v) is 6.36. The SMILES string of the molecule is Cc1ccc(N(CC(=O)N(Cc2ccccc2F)[C@@H](C)C(=O)NC2CCCCC2)S(=O)(=O)c2ccccc2)cc1. The van der Waals surface area contributed by atoms with Crippen molar-refractivity contribution in [3.63, 3.8) is 0 Å². The van der Waals surface area contributed by atoms with E-state index in [2.05, 4.69) is 5.32 Å². The Bertz CT molecular complexity index is 1410. The molecule has 0 spiro atoms. The van der Waals surface area contributed by atoms with E-state index in [9.17, 15) is 22.4 Å². The zero-order chi connectivity index (χ0) is 28.7. The minimum Gasteiger partial charge on any atom is -0.352 e. The van der Waals surface area contributed by atoms with Crippen LogP contribution in [0.2, 0.25) is 0 Å². The standard InChI is InChI=1S/C31H36FN3O4S/c1-23-17-19-27(20-18-23)35(40(38,39)28-14-7-4-8-15-28)22-30(36)34(21-25-11-9-10-16-29(25)32)24(2)31(37)33-26-12-5-3-6-13-26/h4,7-11,14-20,24,26H,3,5-6,12-13,21-22H2,1-2H3,(H,33,37)/t24-/m0/s1. The number of hydrogen-bond acceptors (Lipinski definition) is 4. The summed E-state index contributed by atoms with van der Waals surface area (Å²) in [5, 5.41) is 3.04. The van der Waals surface area contributed by atoms with Crippen molar-refractivity contribution in [2.45, 2.75) is 69.5 Å². The molecule has 4 rings (SSSR count). The van der Waals surface area contributed by atoms with Gasteiger partial charge in [-0.3, -0.25) is 13.9 Å². The van der Waals surface area contributed by atoms with Crippen molar-refractivity contribution in [1.82, 2.24) is 10.2 Å². The number of sulfonamides is 1. The van der Waals surface area contributed by atoms with Gasteiger partial charge in [-0.25, -0.2) is 12.8 Å². The first-order chi connectivity index (χ1) is 19.2. The van der Waals surface area contributed by atoms with Gasteiger partial charge >= 0.3 is 0 Å². The second-order valence-corrected chi connectivity index (χ2v) is 12.2. The molecule has 40 heavy (non-hydrogen) atoms. The lowest BCUT2D eigenvalue weighted by Crippen LogP contribution is -2.53. The first-order valence-electron chi connectivity index (χ1n) is 13.6. The van der Waals surface area contributed by atoms with E-state index in [0.29, 0.717) is 5.69 Å². The third-order valence-corrected chi connectivity index (χ3v) is 9.14. The van der Waals surface area contributed by atoms with E-state index < -0.39 is 34.3 Å². The van der Waals surface area contributed by atoms with E-state index in [-0.39, 0.29) is 29.0 Å². The summed E-state index contributed by atoms with van der Waals surface area (Å²) in [6.45, 7) is 2.74. The van der Waals surface area contributed by atoms with Crippen molar-refractivity contribution >= 4 is 27.5 Å². The number of anilines is 1. The molecule has 9 heteroatoms. The van der Waals surface area contributed by atoms with Crippen molar-refractivity contribution in [2.75, 3.05) is 10.8 Å². The molecule has 0 saturated heterocycles. The Kier molecular flexibility index (Phi) is 9.58. The maximum absolute atomic E-state index is 14.7. The molecule has 1 N–H and O–H groups in total. The van der Waals surface area contributed by atoms with Gasteiger partial charge in [0.1, 0.15) is 18.4 Å². The van der Waals surface area contributed by atoms with Gasteiger partial charge in [-0.15, -0.1) is 0 Å². The molecule has 2 amide bonds. The predicted molar refractivity (Wildman–Crippen MR) is 154 cm³/mol. The predicted octanol–water partition coefficient (Wildman–Crippen LogP) is 5.20. The van der Waals surface area contributed by atoms with Crippen LogP contribution >= 0.6 is 0 Å². The van der Waals surface area contributed by atoms with E-state index in [0.717, 1.165) is 42.0 Å². The first-order valence-corrected chi connectivity index (χ1v) is 15.1. The van der Waals surface area contributed by atoms with Gasteiger partial charge in [0.05, 0.1) is 10.6 Å². The number of carbonyl (C=O) groups excluding carboxylic acids is 2. The molecule has 1 aliphatic rings. The maximum Gasteiger partial charge on any atom is 0.264 e. The molecular formula is C31H36FN3O4S. The fraction of sp³-hybridized carbons (Fsp3) is 0.355. The second-order valence-electron chi connectivity index (χ2n) is 10.3. The Balaban J connectivity index is 1.67. The van der Waals surface area contributed by atoms with E-state index in [1.54, 1.807) is 67.6 Å². The lowest BCUT2D eigenvalue weighted by atomic mass is 9.95. The molecule has 0 heterocycles. The van der Waals surface area contributed by atoms with Gasteiger partial charge < -0.3 is 10.2 Å². The molecule has 1 fully saturated rings. The van der Waals surface area contributed by atoms with Crippen LogP contribution < -0.4 is 9.62 Å². The van der Waals surface area contributed by atoms with Crippen LogP contribution in [0.15, 0.2) is 83.8 Å². The summed E-state index contributed by atoms with van der Waals surface area (Å²) in [4.78, 5) is 28.6. The molecule has 1 saturated carbocycles. The monoisotopic (exact) mass is 565 g/mol. The van der Waals surface area contributed by atoms with E-state index in [1.807, 2.05) is 6.92 Å². The Morgan fingerprint density at radius 2 is 1.55 bits per heavy atom. The molecule has 0 bridgehead atoms. The summed E-state index contributed by atoms with van der Waals surface area (Å²) in [7, 11) is -4.13. The lowest BCUT2D eigenvalue weighted by Gasteiger charge is -2.33. The van der Waals surface area contributed by atoms with Gasteiger partial charge in [-0.2, -0.15) is 0 Å². The topological polar surface area (TPSA) is 86.8 Å². The number of amides is 2. The van der Waals surface area contributed by atoms with Crippen molar-refractivity contribution < 1.29 is 22.4 Å². The Labute approximate surface area is 236 Å². The number of hydrogen-bond donors (Lipinski definition) is 1. The first kappa shape index (κ1) is 29.3. The molecule has 1 atom stereocenters. The zero-order valence-corrected chi connectivity index (χ0v) is 23.7. The molecule has 7 nitrogen and oxygen atoms in total. The normalized spacial score (nSPS) is 14.8. The average Bonchev–Trinajstić information content (AvgIpc) is 2.96. The van der Waals surface area contributed by atoms with Crippen LogP contribution in [0, 0.1) is 12.7 Å². The largest absolute Gasteiger partial charge is 0.352 e. The van der Waals surface area contributed by atoms with Crippen molar-refractivity contribution in [2.24, 2.45) is 0 Å². The average molecular weight is 566 g/mol. The van der Waals surface area contributed by atoms with Gasteiger partial charge in [0.15, 0.2) is 0 Å². The van der Waals surface area contributed by atoms with E-state index in [1.165, 1.54) is 23.1 Å². The molecule has 0 aliphatic heterocycles. The molecule has 3 aromatic rings. The highest BCUT2D eigenvalue weighted by atomic mass is 32.2. The molecule has 3 aromatic carbocycles. The number of nitrogens with zero attached hydrogens (tertiary/aromatic N) is 2. The highest BCUT2D eigenvalue weighted by Gasteiger charge is 2.33. The smallest absolute Gasteiger partial charge is 0.264 e. The third kappa shape index (κ3) is 7.07. The van der Waals surface area contributed by atoms with Crippen LogP contribution in [0.1, 0.15) is 50.2 Å². The zero-order valence-electron chi connectivity index (χ0n) is 22.9. The molecular weight excluding hydrogens is 529 g/mol. The maximum atomic E-state index is 14.7. The van der Waals surface area contributed by atoms with Gasteiger partial charge in [-0.05, 0) is 57.0 Å². The van der Waals surface area contributed by atoms with Crippen molar-refractivity contribution in [3.8, 4) is 0 Å². The number of benzene rings is 3. The molecule has 212 valence electrons. The Hall–Kier alpha value is -3.72. The summed E-state index contributed by atoms with van der Waals surface area (Å²) >= 11 is 0. The summed E-state index contributed by atoms with van der Waals surface area (Å²) in [6.07, 6.45) is 4.93. The van der Waals surface area contributed by atoms with E-state index in [4.69, 9.17) is 0 Å². The summed E-state index contributed by atoms with van der Waals surface area (Å²) in [5.41, 5.74) is 1.48. The number of nitrogens with one attached hydrogen (secondary N) is 1. The van der Waals surface area contributed by atoms with Crippen LogP contribution in [-0.4, -0.2) is 43.8 Å². The molecule has 0 radical (unpaired) electrons. The van der Waals surface area contributed by atoms with Crippen LogP contribution in [0.5, 0.6) is 0 Å². The highest BCUT2D eigenvalue weighted by molar-refractivity contribution is 7.92. The quantitative estimate of drug-likeness (QED) is 0.366. The second kappa shape index (κ2) is 13.1. The van der Waals surface area contributed by atoms with Crippen LogP contribution in [0.4, 0.5) is 10.1 Å². The van der Waals surface area contributed by atoms with Gasteiger partial charge in [-0.1, -0.05) is 73.4 Å². The van der Waals surface area contributed by atoms with Crippen LogP contribution in [0.3, 0.4) is 0 Å². The Morgan fingerprint density at radius 3 is 2.20 bits per heavy atom. The summed E-state index contributed by atoms with van der Waals surface area (Å²) in [5.74, 6) is -1.47. The van der Waals surface area contributed by atoms with Gasteiger partial charge in [0.25, 0.3) is 10.0 Å². The number of halogens is 1. The van der Waals surface area contributed by atoms with Gasteiger partial charge in [0, 0.05) is 18.2 Å². The van der Waals surface area contributed by atoms with Crippen molar-refractivity contribution in [3.05, 3.63) is 95.8 Å². The number of aryl methyl sites for hydroxylation is 1. The minimum atomic E-state index is -4.13. The molecule has 1 aliphatic carbocycles. The van der Waals surface area contributed by atoms with E-state index >= 15 is 0 Å². The molecule has 0 aromatic heterocycles. The molecule has 0 unspecified atom stereocenters. The van der Waals surface area contributed by atoms with Crippen molar-refractivity contribution in [1.29, 1.82) is 0 Å². The van der Waals surface area contributed by atoms with Gasteiger partial charge in [0.2, 0.25) is 11.8 Å². The van der Waals surface area contributed by atoms with Crippen LogP contribution in [-0.2, 0) is 26.2 Å².